The molecule has 0 aromatic heterocycles. The lowest BCUT2D eigenvalue weighted by Crippen LogP contribution is -2.29. The molecule has 0 spiro atoms. The van der Waals surface area contributed by atoms with Gasteiger partial charge in [0.15, 0.2) is 0 Å². The zero-order chi connectivity index (χ0) is 18.2. The predicted octanol–water partition coefficient (Wildman–Crippen LogP) is 2.55. The lowest BCUT2D eigenvalue weighted by molar-refractivity contribution is -0.117. The third-order valence-electron chi connectivity index (χ3n) is 3.59. The molecule has 6 heteroatoms. The highest BCUT2D eigenvalue weighted by molar-refractivity contribution is 5.95. The van der Waals surface area contributed by atoms with Crippen molar-refractivity contribution in [2.45, 2.75) is 6.54 Å². The molecule has 0 fully saturated rings. The van der Waals surface area contributed by atoms with Crippen molar-refractivity contribution in [2.24, 2.45) is 0 Å². The Kier molecular flexibility index (Phi) is 6.54. The number of methoxy groups -OCH3 is 2. The van der Waals surface area contributed by atoms with Crippen LogP contribution in [0.1, 0.15) is 15.9 Å². The standard InChI is InChI=1S/C19H22N2O4/c1-21(12-14-7-9-17(24-2)10-8-14)13-18(22)20-16-6-4-5-15(11-16)19(23)25-3/h4-11H,12-13H2,1-3H3,(H,20,22). The van der Waals surface area contributed by atoms with Crippen LogP contribution in [0, 0.1) is 0 Å². The SMILES string of the molecule is COC(=O)c1cccc(NC(=O)CN(C)Cc2ccc(OC)cc2)c1. The number of esters is 1. The number of hydrogen-bond acceptors (Lipinski definition) is 5. The monoisotopic (exact) mass is 342 g/mol. The van der Waals surface area contributed by atoms with Crippen molar-refractivity contribution in [1.82, 2.24) is 4.90 Å². The van der Waals surface area contributed by atoms with E-state index in [0.29, 0.717) is 17.8 Å². The molecule has 0 bridgehead atoms. The van der Waals surface area contributed by atoms with Gasteiger partial charge in [0.1, 0.15) is 5.75 Å². The molecule has 0 aliphatic heterocycles. The van der Waals surface area contributed by atoms with Crippen LogP contribution in [0.25, 0.3) is 0 Å². The fourth-order valence-electron chi connectivity index (χ4n) is 2.39. The number of benzene rings is 2. The predicted molar refractivity (Wildman–Crippen MR) is 95.7 cm³/mol. The topological polar surface area (TPSA) is 67.9 Å². The number of carbonyl (C=O) groups excluding carboxylic acids is 2. The number of amides is 1. The van der Waals surface area contributed by atoms with Gasteiger partial charge in [0.05, 0.1) is 26.3 Å². The molecule has 0 aliphatic carbocycles. The van der Waals surface area contributed by atoms with E-state index in [2.05, 4.69) is 10.1 Å². The molecule has 0 aliphatic rings. The van der Waals surface area contributed by atoms with Gasteiger partial charge < -0.3 is 14.8 Å². The summed E-state index contributed by atoms with van der Waals surface area (Å²) in [5.41, 5.74) is 2.04. The Bertz CT molecular complexity index is 728. The lowest BCUT2D eigenvalue weighted by atomic mass is 10.2. The van der Waals surface area contributed by atoms with Crippen LogP contribution in [0.2, 0.25) is 0 Å². The molecule has 6 nitrogen and oxygen atoms in total. The van der Waals surface area contributed by atoms with E-state index < -0.39 is 5.97 Å². The largest absolute Gasteiger partial charge is 0.497 e. The minimum Gasteiger partial charge on any atom is -0.497 e. The van der Waals surface area contributed by atoms with Crippen molar-refractivity contribution < 1.29 is 19.1 Å². The minimum absolute atomic E-state index is 0.155. The van der Waals surface area contributed by atoms with Gasteiger partial charge in [-0.2, -0.15) is 0 Å². The number of anilines is 1. The van der Waals surface area contributed by atoms with Crippen molar-refractivity contribution in [2.75, 3.05) is 33.1 Å². The summed E-state index contributed by atoms with van der Waals surface area (Å²) >= 11 is 0. The number of likely N-dealkylation sites (N-methyl/N-ethyl adjacent to an activating group) is 1. The van der Waals surface area contributed by atoms with Crippen molar-refractivity contribution in [3.63, 3.8) is 0 Å². The summed E-state index contributed by atoms with van der Waals surface area (Å²) in [6.07, 6.45) is 0. The molecule has 2 aromatic carbocycles. The Morgan fingerprint density at radius 3 is 2.44 bits per heavy atom. The summed E-state index contributed by atoms with van der Waals surface area (Å²) in [4.78, 5) is 25.6. The van der Waals surface area contributed by atoms with Crippen LogP contribution in [0.4, 0.5) is 5.69 Å². The van der Waals surface area contributed by atoms with Gasteiger partial charge in [-0.3, -0.25) is 9.69 Å². The van der Waals surface area contributed by atoms with E-state index in [1.54, 1.807) is 31.4 Å². The second kappa shape index (κ2) is 8.84. The maximum Gasteiger partial charge on any atom is 0.337 e. The second-order valence-corrected chi connectivity index (χ2v) is 5.64. The normalized spacial score (nSPS) is 10.4. The Morgan fingerprint density at radius 2 is 1.80 bits per heavy atom. The van der Waals surface area contributed by atoms with Gasteiger partial charge in [0, 0.05) is 12.2 Å². The Hall–Kier alpha value is -2.86. The average molecular weight is 342 g/mol. The molecule has 2 aromatic rings. The van der Waals surface area contributed by atoms with Gasteiger partial charge in [-0.05, 0) is 42.9 Å². The lowest BCUT2D eigenvalue weighted by Gasteiger charge is -2.16. The smallest absolute Gasteiger partial charge is 0.337 e. The third-order valence-corrected chi connectivity index (χ3v) is 3.59. The first-order chi connectivity index (χ1) is 12.0. The van der Waals surface area contributed by atoms with Gasteiger partial charge in [0.2, 0.25) is 5.91 Å². The second-order valence-electron chi connectivity index (χ2n) is 5.64. The molecule has 0 heterocycles. The average Bonchev–Trinajstić information content (AvgIpc) is 2.61. The number of nitrogens with one attached hydrogen (secondary N) is 1. The maximum atomic E-state index is 12.2. The van der Waals surface area contributed by atoms with Gasteiger partial charge in [-0.15, -0.1) is 0 Å². The van der Waals surface area contributed by atoms with Crippen LogP contribution >= 0.6 is 0 Å². The van der Waals surface area contributed by atoms with Crippen LogP contribution in [0.15, 0.2) is 48.5 Å². The molecule has 1 N–H and O–H groups in total. The van der Waals surface area contributed by atoms with Crippen LogP contribution in [0.3, 0.4) is 0 Å². The van der Waals surface area contributed by atoms with Gasteiger partial charge in [0.25, 0.3) is 0 Å². The van der Waals surface area contributed by atoms with Gasteiger partial charge in [-0.1, -0.05) is 18.2 Å². The highest BCUT2D eigenvalue weighted by Crippen LogP contribution is 2.13. The molecule has 0 atom stereocenters. The summed E-state index contributed by atoms with van der Waals surface area (Å²) in [5.74, 6) is 0.209. The Morgan fingerprint density at radius 1 is 1.08 bits per heavy atom. The van der Waals surface area contributed by atoms with E-state index >= 15 is 0 Å². The van der Waals surface area contributed by atoms with Gasteiger partial charge >= 0.3 is 5.97 Å². The van der Waals surface area contributed by atoms with Gasteiger partial charge in [-0.25, -0.2) is 4.79 Å². The molecule has 2 rings (SSSR count). The van der Waals surface area contributed by atoms with Crippen molar-refractivity contribution in [3.05, 3.63) is 59.7 Å². The quantitative estimate of drug-likeness (QED) is 0.783. The molecule has 0 saturated heterocycles. The summed E-state index contributed by atoms with van der Waals surface area (Å²) in [6, 6.07) is 14.4. The Balaban J connectivity index is 1.89. The molecular formula is C19H22N2O4. The maximum absolute atomic E-state index is 12.2. The van der Waals surface area contributed by atoms with Crippen LogP contribution < -0.4 is 10.1 Å². The fraction of sp³-hybridized carbons (Fsp3) is 0.263. The van der Waals surface area contributed by atoms with Crippen molar-refractivity contribution in [3.8, 4) is 5.75 Å². The summed E-state index contributed by atoms with van der Waals surface area (Å²) in [6.45, 7) is 0.869. The van der Waals surface area contributed by atoms with Crippen LogP contribution in [-0.4, -0.2) is 44.6 Å². The molecule has 0 radical (unpaired) electrons. The van der Waals surface area contributed by atoms with Crippen LogP contribution in [-0.2, 0) is 16.1 Å². The summed E-state index contributed by atoms with van der Waals surface area (Å²) in [5, 5.41) is 2.79. The summed E-state index contributed by atoms with van der Waals surface area (Å²) < 4.78 is 9.80. The molecule has 0 saturated carbocycles. The molecule has 1 amide bonds. The Labute approximate surface area is 147 Å². The number of ether oxygens (including phenoxy) is 2. The minimum atomic E-state index is -0.437. The number of nitrogens with zero attached hydrogens (tertiary/aromatic N) is 1. The summed E-state index contributed by atoms with van der Waals surface area (Å²) in [7, 11) is 4.82. The zero-order valence-corrected chi connectivity index (χ0v) is 14.6. The van der Waals surface area contributed by atoms with Crippen molar-refractivity contribution >= 4 is 17.6 Å². The van der Waals surface area contributed by atoms with E-state index in [1.165, 1.54) is 7.11 Å². The number of rotatable bonds is 7. The van der Waals surface area contributed by atoms with E-state index in [0.717, 1.165) is 11.3 Å². The molecule has 25 heavy (non-hydrogen) atoms. The zero-order valence-electron chi connectivity index (χ0n) is 14.6. The van der Waals surface area contributed by atoms with E-state index in [1.807, 2.05) is 36.2 Å². The van der Waals surface area contributed by atoms with E-state index in [4.69, 9.17) is 4.74 Å². The number of carbonyl (C=O) groups is 2. The van der Waals surface area contributed by atoms with E-state index in [9.17, 15) is 9.59 Å². The number of hydrogen-bond donors (Lipinski definition) is 1. The molecule has 132 valence electrons. The van der Waals surface area contributed by atoms with E-state index in [-0.39, 0.29) is 12.5 Å². The third kappa shape index (κ3) is 5.61. The highest BCUT2D eigenvalue weighted by Gasteiger charge is 2.10. The molecular weight excluding hydrogens is 320 g/mol. The van der Waals surface area contributed by atoms with Crippen molar-refractivity contribution in [1.29, 1.82) is 0 Å². The first kappa shape index (κ1) is 18.5. The first-order valence-corrected chi connectivity index (χ1v) is 7.81. The van der Waals surface area contributed by atoms with Crippen LogP contribution in [0.5, 0.6) is 5.75 Å². The first-order valence-electron chi connectivity index (χ1n) is 7.81. The molecule has 0 unspecified atom stereocenters. The fourth-order valence-corrected chi connectivity index (χ4v) is 2.39. The highest BCUT2D eigenvalue weighted by atomic mass is 16.5.